The molecule has 0 saturated heterocycles. The van der Waals surface area contributed by atoms with Crippen molar-refractivity contribution in [2.45, 2.75) is 44.7 Å². The first-order valence-corrected chi connectivity index (χ1v) is 7.89. The summed E-state index contributed by atoms with van der Waals surface area (Å²) in [6.45, 7) is 0.0573. The fourth-order valence-electron chi connectivity index (χ4n) is 3.02. The van der Waals surface area contributed by atoms with Crippen LogP contribution in [0.4, 0.5) is 13.2 Å². The summed E-state index contributed by atoms with van der Waals surface area (Å²) >= 11 is 0. The highest BCUT2D eigenvalue weighted by Gasteiger charge is 2.39. The molecule has 7 heteroatoms. The largest absolute Gasteiger partial charge is 0.481 e. The van der Waals surface area contributed by atoms with E-state index in [4.69, 9.17) is 0 Å². The monoisotopic (exact) mass is 343 g/mol. The molecule has 1 aromatic rings. The SMILES string of the molecule is O=C(Cc1ccc(C(F)(F)F)cc1)NCC1(C(=O)O)CCCCC1. The minimum Gasteiger partial charge on any atom is -0.481 e. The van der Waals surface area contributed by atoms with Crippen molar-refractivity contribution in [1.82, 2.24) is 5.32 Å². The summed E-state index contributed by atoms with van der Waals surface area (Å²) in [6.07, 6.45) is -0.786. The number of hydrogen-bond acceptors (Lipinski definition) is 2. The van der Waals surface area contributed by atoms with Crippen molar-refractivity contribution in [3.05, 3.63) is 35.4 Å². The number of nitrogens with one attached hydrogen (secondary N) is 1. The fourth-order valence-corrected chi connectivity index (χ4v) is 3.02. The zero-order valence-corrected chi connectivity index (χ0v) is 13.2. The van der Waals surface area contributed by atoms with Crippen molar-refractivity contribution < 1.29 is 27.9 Å². The van der Waals surface area contributed by atoms with Gasteiger partial charge in [-0.25, -0.2) is 0 Å². The van der Waals surface area contributed by atoms with Crippen molar-refractivity contribution in [2.24, 2.45) is 5.41 Å². The zero-order valence-electron chi connectivity index (χ0n) is 13.2. The van der Waals surface area contributed by atoms with Gasteiger partial charge in [0.2, 0.25) is 5.91 Å². The summed E-state index contributed by atoms with van der Waals surface area (Å²) in [5.41, 5.74) is -1.24. The molecule has 24 heavy (non-hydrogen) atoms. The summed E-state index contributed by atoms with van der Waals surface area (Å²) in [4.78, 5) is 23.5. The lowest BCUT2D eigenvalue weighted by Gasteiger charge is -2.33. The number of hydrogen-bond donors (Lipinski definition) is 2. The minimum absolute atomic E-state index is 0.0573. The Morgan fingerprint density at radius 3 is 2.17 bits per heavy atom. The van der Waals surface area contributed by atoms with E-state index < -0.39 is 23.1 Å². The summed E-state index contributed by atoms with van der Waals surface area (Å²) in [6, 6.07) is 4.39. The maximum absolute atomic E-state index is 12.5. The van der Waals surface area contributed by atoms with Crippen LogP contribution < -0.4 is 5.32 Å². The molecule has 1 amide bonds. The van der Waals surface area contributed by atoms with Crippen LogP contribution in [0, 0.1) is 5.41 Å². The number of rotatable bonds is 5. The van der Waals surface area contributed by atoms with Crippen LogP contribution in [0.2, 0.25) is 0 Å². The number of carboxylic acid groups (broad SMARTS) is 1. The first kappa shape index (κ1) is 18.3. The van der Waals surface area contributed by atoms with E-state index >= 15 is 0 Å². The summed E-state index contributed by atoms with van der Waals surface area (Å²) in [7, 11) is 0. The van der Waals surface area contributed by atoms with Crippen molar-refractivity contribution >= 4 is 11.9 Å². The molecule has 2 N–H and O–H groups in total. The van der Waals surface area contributed by atoms with Gasteiger partial charge < -0.3 is 10.4 Å². The van der Waals surface area contributed by atoms with Gasteiger partial charge in [0.1, 0.15) is 0 Å². The van der Waals surface area contributed by atoms with Crippen LogP contribution in [-0.2, 0) is 22.2 Å². The molecule has 1 aromatic carbocycles. The van der Waals surface area contributed by atoms with Gasteiger partial charge in [0.15, 0.2) is 0 Å². The van der Waals surface area contributed by atoms with E-state index in [1.807, 2.05) is 0 Å². The second-order valence-corrected chi connectivity index (χ2v) is 6.29. The molecule has 0 bridgehead atoms. The average molecular weight is 343 g/mol. The number of alkyl halides is 3. The smallest absolute Gasteiger partial charge is 0.416 e. The third-order valence-electron chi connectivity index (χ3n) is 4.53. The number of carbonyl (C=O) groups is 2. The number of benzene rings is 1. The highest BCUT2D eigenvalue weighted by atomic mass is 19.4. The zero-order chi connectivity index (χ0) is 17.8. The molecular weight excluding hydrogens is 323 g/mol. The molecular formula is C17H20F3NO3. The highest BCUT2D eigenvalue weighted by molar-refractivity contribution is 5.80. The molecule has 1 saturated carbocycles. The Morgan fingerprint density at radius 2 is 1.67 bits per heavy atom. The standard InChI is InChI=1S/C17H20F3NO3/c18-17(19,20)13-6-4-12(5-7-13)10-14(22)21-11-16(15(23)24)8-2-1-3-9-16/h4-7H,1-3,8-11H2,(H,21,22)(H,23,24). The number of amides is 1. The second kappa shape index (κ2) is 7.23. The van der Waals surface area contributed by atoms with Gasteiger partial charge in [-0.2, -0.15) is 13.2 Å². The first-order valence-electron chi connectivity index (χ1n) is 7.89. The fraction of sp³-hybridized carbons (Fsp3) is 0.529. The van der Waals surface area contributed by atoms with Crippen LogP contribution >= 0.6 is 0 Å². The molecule has 1 aliphatic rings. The lowest BCUT2D eigenvalue weighted by Crippen LogP contribution is -2.44. The lowest BCUT2D eigenvalue weighted by atomic mass is 9.74. The van der Waals surface area contributed by atoms with Gasteiger partial charge in [0.05, 0.1) is 17.4 Å². The predicted molar refractivity (Wildman–Crippen MR) is 81.3 cm³/mol. The molecule has 2 rings (SSSR count). The molecule has 1 fully saturated rings. The van der Waals surface area contributed by atoms with Crippen LogP contribution in [0.1, 0.15) is 43.2 Å². The number of aliphatic carboxylic acids is 1. The third-order valence-corrected chi connectivity index (χ3v) is 4.53. The van der Waals surface area contributed by atoms with Crippen LogP contribution in [0.3, 0.4) is 0 Å². The number of carbonyl (C=O) groups excluding carboxylic acids is 1. The van der Waals surface area contributed by atoms with Crippen molar-refractivity contribution in [3.63, 3.8) is 0 Å². The summed E-state index contributed by atoms with van der Waals surface area (Å²) < 4.78 is 37.5. The van der Waals surface area contributed by atoms with Gasteiger partial charge >= 0.3 is 12.1 Å². The quantitative estimate of drug-likeness (QED) is 0.861. The molecule has 0 atom stereocenters. The van der Waals surface area contributed by atoms with E-state index in [0.717, 1.165) is 31.4 Å². The third kappa shape index (κ3) is 4.49. The highest BCUT2D eigenvalue weighted by Crippen LogP contribution is 2.36. The average Bonchev–Trinajstić information content (AvgIpc) is 2.53. The Hall–Kier alpha value is -2.05. The topological polar surface area (TPSA) is 66.4 Å². The van der Waals surface area contributed by atoms with Gasteiger partial charge in [-0.3, -0.25) is 9.59 Å². The second-order valence-electron chi connectivity index (χ2n) is 6.29. The summed E-state index contributed by atoms with van der Waals surface area (Å²) in [5, 5.41) is 12.1. The van der Waals surface area contributed by atoms with E-state index in [2.05, 4.69) is 5.32 Å². The van der Waals surface area contributed by atoms with Gasteiger partial charge in [-0.15, -0.1) is 0 Å². The molecule has 132 valence electrons. The minimum atomic E-state index is -4.41. The van der Waals surface area contributed by atoms with Gasteiger partial charge in [0.25, 0.3) is 0 Å². The predicted octanol–water partition coefficient (Wildman–Crippen LogP) is 3.40. The molecule has 0 radical (unpaired) electrons. The van der Waals surface area contributed by atoms with E-state index in [1.165, 1.54) is 12.1 Å². The van der Waals surface area contributed by atoms with Gasteiger partial charge in [0, 0.05) is 6.54 Å². The van der Waals surface area contributed by atoms with E-state index in [0.29, 0.717) is 18.4 Å². The number of halogens is 3. The molecule has 0 heterocycles. The van der Waals surface area contributed by atoms with E-state index in [9.17, 15) is 27.9 Å². The Balaban J connectivity index is 1.92. The Bertz CT molecular complexity index is 590. The summed E-state index contributed by atoms with van der Waals surface area (Å²) in [5.74, 6) is -1.29. The van der Waals surface area contributed by atoms with E-state index in [-0.39, 0.29) is 18.9 Å². The van der Waals surface area contributed by atoms with Crippen LogP contribution in [0.25, 0.3) is 0 Å². The van der Waals surface area contributed by atoms with Crippen molar-refractivity contribution in [3.8, 4) is 0 Å². The lowest BCUT2D eigenvalue weighted by molar-refractivity contribution is -0.151. The molecule has 1 aliphatic carbocycles. The molecule has 0 aliphatic heterocycles. The van der Waals surface area contributed by atoms with Crippen LogP contribution in [0.5, 0.6) is 0 Å². The Labute approximate surface area is 138 Å². The van der Waals surface area contributed by atoms with Crippen molar-refractivity contribution in [1.29, 1.82) is 0 Å². The molecule has 4 nitrogen and oxygen atoms in total. The van der Waals surface area contributed by atoms with Gasteiger partial charge in [-0.05, 0) is 30.5 Å². The first-order chi connectivity index (χ1) is 11.2. The molecule has 0 unspecified atom stereocenters. The van der Waals surface area contributed by atoms with Gasteiger partial charge in [-0.1, -0.05) is 31.4 Å². The maximum Gasteiger partial charge on any atom is 0.416 e. The van der Waals surface area contributed by atoms with Crippen LogP contribution in [0.15, 0.2) is 24.3 Å². The normalized spacial score (nSPS) is 17.3. The van der Waals surface area contributed by atoms with Crippen LogP contribution in [-0.4, -0.2) is 23.5 Å². The molecule has 0 spiro atoms. The van der Waals surface area contributed by atoms with Crippen molar-refractivity contribution in [2.75, 3.05) is 6.54 Å². The van der Waals surface area contributed by atoms with E-state index in [1.54, 1.807) is 0 Å². The Kier molecular flexibility index (Phi) is 5.51. The molecule has 0 aromatic heterocycles. The maximum atomic E-state index is 12.5. The number of carboxylic acids is 1. The Morgan fingerprint density at radius 1 is 1.08 bits per heavy atom.